The van der Waals surface area contributed by atoms with E-state index in [1.807, 2.05) is 41.8 Å². The summed E-state index contributed by atoms with van der Waals surface area (Å²) in [6.07, 6.45) is 2.13. The number of hydrogen-bond donors (Lipinski definition) is 3. The van der Waals surface area contributed by atoms with Crippen LogP contribution in [-0.4, -0.2) is 101 Å². The smallest absolute Gasteiger partial charge is 0.338 e. The Kier molecular flexibility index (Phi) is 9.36. The zero-order chi connectivity index (χ0) is 32.4. The summed E-state index contributed by atoms with van der Waals surface area (Å²) in [6, 6.07) is 12.9. The first-order valence-corrected chi connectivity index (χ1v) is 16.1. The van der Waals surface area contributed by atoms with Crippen LogP contribution in [0, 0.1) is 0 Å². The fraction of sp³-hybridized carbons (Fsp3) is 0.344. The third-order valence-corrected chi connectivity index (χ3v) is 9.60. The van der Waals surface area contributed by atoms with E-state index in [-0.39, 0.29) is 31.6 Å². The summed E-state index contributed by atoms with van der Waals surface area (Å²) in [4.78, 5) is 52.7. The van der Waals surface area contributed by atoms with Crippen molar-refractivity contribution in [2.45, 2.75) is 31.0 Å². The number of methoxy groups -OCH3 is 1. The molecule has 3 N–H and O–H groups in total. The van der Waals surface area contributed by atoms with Crippen LogP contribution in [0.5, 0.6) is 0 Å². The lowest BCUT2D eigenvalue weighted by Gasteiger charge is -2.43. The zero-order valence-electron chi connectivity index (χ0n) is 25.0. The summed E-state index contributed by atoms with van der Waals surface area (Å²) in [5.41, 5.74) is 3.27. The number of carbonyl (C=O) groups excluding carboxylic acids is 2. The van der Waals surface area contributed by atoms with E-state index in [0.717, 1.165) is 11.1 Å². The first kappa shape index (κ1) is 31.7. The van der Waals surface area contributed by atoms with Gasteiger partial charge in [0, 0.05) is 60.6 Å². The van der Waals surface area contributed by atoms with E-state index in [1.165, 1.54) is 18.4 Å². The molecule has 6 rings (SSSR count). The van der Waals surface area contributed by atoms with Crippen molar-refractivity contribution >= 4 is 52.4 Å². The number of anilines is 1. The number of amides is 2. The number of aliphatic imine (C=N–C) groups is 1. The second kappa shape index (κ2) is 13.6. The number of aliphatic hydroxyl groups excluding tert-OH is 1. The van der Waals surface area contributed by atoms with Crippen molar-refractivity contribution in [1.82, 2.24) is 20.1 Å². The maximum Gasteiger partial charge on any atom is 0.338 e. The summed E-state index contributed by atoms with van der Waals surface area (Å²) < 4.78 is 5.24. The van der Waals surface area contributed by atoms with Crippen LogP contribution in [0.3, 0.4) is 0 Å². The van der Waals surface area contributed by atoms with Gasteiger partial charge >= 0.3 is 18.0 Å². The van der Waals surface area contributed by atoms with Crippen molar-refractivity contribution < 1.29 is 29.3 Å². The number of aryl methyl sites for hydroxylation is 1. The van der Waals surface area contributed by atoms with Gasteiger partial charge in [0.2, 0.25) is 0 Å². The number of aromatic nitrogens is 1. The lowest BCUT2D eigenvalue weighted by atomic mass is 9.94. The Morgan fingerprint density at radius 1 is 1.13 bits per heavy atom. The Bertz CT molecular complexity index is 1660. The highest BCUT2D eigenvalue weighted by atomic mass is 35.5. The Balaban J connectivity index is 1.28. The van der Waals surface area contributed by atoms with Crippen LogP contribution in [-0.2, 0) is 20.7 Å². The number of piperazine rings is 1. The van der Waals surface area contributed by atoms with Crippen molar-refractivity contribution in [3.8, 4) is 0 Å². The second-order valence-corrected chi connectivity index (χ2v) is 12.5. The summed E-state index contributed by atoms with van der Waals surface area (Å²) in [5.74, 6) is -0.872. The molecule has 2 amide bonds. The van der Waals surface area contributed by atoms with E-state index in [1.54, 1.807) is 28.1 Å². The molecule has 46 heavy (non-hydrogen) atoms. The SMILES string of the molecule is COC(=O)C1=C(CN2CCN3C(=O)N(c4ccc(CCC(=O)O)cc4)C[C@@H]3[C@H]2CO)NC(c2nccs2)=N[C@H]1c1ccc(Cl)cc1. The quantitative estimate of drug-likeness (QED) is 0.278. The number of esters is 1. The Hall–Kier alpha value is -4.30. The fourth-order valence-electron chi connectivity index (χ4n) is 6.25. The number of nitrogens with zero attached hydrogens (tertiary/aromatic N) is 5. The van der Waals surface area contributed by atoms with Crippen molar-refractivity contribution in [3.63, 3.8) is 0 Å². The number of nitrogens with one attached hydrogen (secondary N) is 1. The maximum absolute atomic E-state index is 13.5. The molecule has 4 heterocycles. The van der Waals surface area contributed by atoms with E-state index < -0.39 is 24.0 Å². The normalized spacial score (nSPS) is 21.6. The number of hydrogen-bond acceptors (Lipinski definition) is 10. The Labute approximate surface area is 274 Å². The number of benzene rings is 2. The van der Waals surface area contributed by atoms with Crippen molar-refractivity contribution in [1.29, 1.82) is 0 Å². The minimum atomic E-state index is -0.861. The molecule has 12 nitrogen and oxygen atoms in total. The highest BCUT2D eigenvalue weighted by molar-refractivity contribution is 7.11. The third kappa shape index (κ3) is 6.36. The summed E-state index contributed by atoms with van der Waals surface area (Å²) in [5, 5.41) is 26.1. The number of aliphatic hydroxyl groups is 1. The van der Waals surface area contributed by atoms with Gasteiger partial charge in [-0.15, -0.1) is 11.3 Å². The molecule has 3 aromatic rings. The monoisotopic (exact) mass is 664 g/mol. The number of rotatable bonds is 10. The van der Waals surface area contributed by atoms with Crippen molar-refractivity contribution in [3.05, 3.63) is 92.5 Å². The van der Waals surface area contributed by atoms with E-state index in [4.69, 9.17) is 26.4 Å². The lowest BCUT2D eigenvalue weighted by Crippen LogP contribution is -2.61. The Morgan fingerprint density at radius 3 is 2.54 bits per heavy atom. The molecule has 0 radical (unpaired) electrons. The van der Waals surface area contributed by atoms with Gasteiger partial charge in [-0.25, -0.2) is 14.6 Å². The number of halogens is 1. The molecule has 2 aromatic carbocycles. The van der Waals surface area contributed by atoms with Gasteiger partial charge in [0.05, 0.1) is 31.4 Å². The maximum atomic E-state index is 13.5. The van der Waals surface area contributed by atoms with E-state index >= 15 is 0 Å². The molecule has 3 atom stereocenters. The number of carbonyl (C=O) groups is 3. The molecule has 0 aliphatic carbocycles. The van der Waals surface area contributed by atoms with Crippen molar-refractivity contribution in [2.75, 3.05) is 44.8 Å². The molecule has 0 saturated carbocycles. The average molecular weight is 665 g/mol. The van der Waals surface area contributed by atoms with Crippen LogP contribution < -0.4 is 10.2 Å². The molecule has 0 bridgehead atoms. The van der Waals surface area contributed by atoms with Gasteiger partial charge in [0.15, 0.2) is 10.8 Å². The number of amidine groups is 1. The predicted molar refractivity (Wildman–Crippen MR) is 173 cm³/mol. The minimum absolute atomic E-state index is 0.0342. The minimum Gasteiger partial charge on any atom is -0.481 e. The largest absolute Gasteiger partial charge is 0.481 e. The molecule has 3 aliphatic heterocycles. The predicted octanol–water partition coefficient (Wildman–Crippen LogP) is 3.32. The van der Waals surface area contributed by atoms with Gasteiger partial charge in [-0.3, -0.25) is 19.6 Å². The van der Waals surface area contributed by atoms with Gasteiger partial charge in [-0.1, -0.05) is 35.9 Å². The highest BCUT2D eigenvalue weighted by Crippen LogP contribution is 2.35. The van der Waals surface area contributed by atoms with Crippen LogP contribution in [0.1, 0.15) is 28.6 Å². The zero-order valence-corrected chi connectivity index (χ0v) is 26.6. The molecule has 3 aliphatic rings. The van der Waals surface area contributed by atoms with Crippen molar-refractivity contribution in [2.24, 2.45) is 4.99 Å². The number of ether oxygens (including phenoxy) is 1. The number of carboxylic acid groups (broad SMARTS) is 1. The van der Waals surface area contributed by atoms with Crippen LogP contribution in [0.4, 0.5) is 10.5 Å². The van der Waals surface area contributed by atoms with Gasteiger partial charge in [0.1, 0.15) is 6.04 Å². The van der Waals surface area contributed by atoms with Crippen LogP contribution in [0.25, 0.3) is 0 Å². The van der Waals surface area contributed by atoms with E-state index in [2.05, 4.69) is 15.2 Å². The van der Waals surface area contributed by atoms with Gasteiger partial charge < -0.3 is 25.2 Å². The lowest BCUT2D eigenvalue weighted by molar-refractivity contribution is -0.137. The molecule has 2 fully saturated rings. The van der Waals surface area contributed by atoms with Gasteiger partial charge in [-0.2, -0.15) is 0 Å². The highest BCUT2D eigenvalue weighted by Gasteiger charge is 2.47. The summed E-state index contributed by atoms with van der Waals surface area (Å²) >= 11 is 7.59. The fourth-order valence-corrected chi connectivity index (χ4v) is 6.96. The summed E-state index contributed by atoms with van der Waals surface area (Å²) in [6.45, 7) is 1.32. The number of carboxylic acids is 1. The van der Waals surface area contributed by atoms with Gasteiger partial charge in [0.25, 0.3) is 0 Å². The van der Waals surface area contributed by atoms with Gasteiger partial charge in [-0.05, 0) is 41.8 Å². The van der Waals surface area contributed by atoms with E-state index in [0.29, 0.717) is 58.9 Å². The first-order valence-electron chi connectivity index (χ1n) is 14.8. The summed E-state index contributed by atoms with van der Waals surface area (Å²) in [7, 11) is 1.33. The van der Waals surface area contributed by atoms with Crippen LogP contribution in [0.2, 0.25) is 5.02 Å². The number of urea groups is 1. The molecular weight excluding hydrogens is 632 g/mol. The molecule has 0 unspecified atom stereocenters. The average Bonchev–Trinajstić information content (AvgIpc) is 3.72. The number of fused-ring (bicyclic) bond motifs is 1. The topological polar surface area (TPSA) is 148 Å². The molecule has 14 heteroatoms. The van der Waals surface area contributed by atoms with Crippen LogP contribution in [0.15, 0.2) is 76.4 Å². The molecule has 1 aromatic heterocycles. The second-order valence-electron chi connectivity index (χ2n) is 11.2. The standard InChI is InChI=1S/C32H33ClN6O6S/c1-45-31(43)27-23(35-29(30-34-12-15-46-30)36-28(27)20-5-7-21(33)8-6-20)16-37-13-14-38-24(25(37)18-40)17-39(32(38)44)22-9-2-19(3-10-22)4-11-26(41)42/h2-3,5-10,12,15,24-25,28,40H,4,11,13-14,16-18H2,1H3,(H,35,36)(H,41,42)/t24-,25-,28+/m1/s1. The molecule has 240 valence electrons. The number of thiazole rings is 1. The molecule has 2 saturated heterocycles. The third-order valence-electron chi connectivity index (χ3n) is 8.56. The Morgan fingerprint density at radius 2 is 1.89 bits per heavy atom. The molecule has 0 spiro atoms. The van der Waals surface area contributed by atoms with Crippen LogP contribution >= 0.6 is 22.9 Å². The first-order chi connectivity index (χ1) is 22.3. The van der Waals surface area contributed by atoms with E-state index in [9.17, 15) is 19.5 Å². The number of aliphatic carboxylic acids is 1. The molecular formula is C32H33ClN6O6S.